The molecule has 2 aliphatic heterocycles. The first-order valence-corrected chi connectivity index (χ1v) is 18.1. The van der Waals surface area contributed by atoms with Crippen LogP contribution in [0.15, 0.2) is 60.7 Å². The zero-order valence-electron chi connectivity index (χ0n) is 26.9. The number of hydrogen-bond donors (Lipinski definition) is 3. The molecule has 2 unspecified atom stereocenters. The van der Waals surface area contributed by atoms with Crippen molar-refractivity contribution in [2.45, 2.75) is 95.9 Å². The summed E-state index contributed by atoms with van der Waals surface area (Å²) in [5.74, 6) is 0.569. The van der Waals surface area contributed by atoms with Gasteiger partial charge in [-0.3, -0.25) is 19.0 Å². The van der Waals surface area contributed by atoms with E-state index < -0.39 is 25.5 Å². The fourth-order valence-corrected chi connectivity index (χ4v) is 8.31. The second-order valence-corrected chi connectivity index (χ2v) is 15.6. The Hall–Kier alpha value is -2.55. The number of carbonyl (C=O) groups is 2. The molecule has 6 atom stereocenters. The van der Waals surface area contributed by atoms with E-state index in [0.29, 0.717) is 44.1 Å². The Morgan fingerprint density at radius 1 is 0.933 bits per heavy atom. The highest BCUT2D eigenvalue weighted by Crippen LogP contribution is 2.42. The first-order chi connectivity index (χ1) is 21.3. The maximum atomic E-state index is 14.0. The molecule has 45 heavy (non-hydrogen) atoms. The quantitative estimate of drug-likeness (QED) is 0.298. The number of phosphoric ester groups is 1. The molecule has 10 heteroatoms. The van der Waals surface area contributed by atoms with Crippen LogP contribution in [0.25, 0.3) is 0 Å². The number of piperidine rings is 1. The number of phosphoric acid groups is 1. The molecule has 246 valence electrons. The lowest BCUT2D eigenvalue weighted by molar-refractivity contribution is -0.136. The Kier molecular flexibility index (Phi) is 10.9. The molecule has 2 heterocycles. The summed E-state index contributed by atoms with van der Waals surface area (Å²) in [6.45, 7) is 6.75. The van der Waals surface area contributed by atoms with Crippen molar-refractivity contribution in [1.82, 2.24) is 15.1 Å². The van der Waals surface area contributed by atoms with E-state index in [1.165, 1.54) is 6.42 Å². The number of rotatable bonds is 11. The third kappa shape index (κ3) is 9.49. The fraction of sp³-hybridized carbons (Fsp3) is 0.600. The molecule has 3 aliphatic rings. The van der Waals surface area contributed by atoms with E-state index in [-0.39, 0.29) is 36.9 Å². The number of nitrogens with zero attached hydrogens (tertiary/aromatic N) is 2. The van der Waals surface area contributed by atoms with Crippen molar-refractivity contribution in [3.63, 3.8) is 0 Å². The summed E-state index contributed by atoms with van der Waals surface area (Å²) in [5.41, 5.74) is 1.78. The van der Waals surface area contributed by atoms with E-state index in [4.69, 9.17) is 4.52 Å². The summed E-state index contributed by atoms with van der Waals surface area (Å²) in [4.78, 5) is 51.5. The Morgan fingerprint density at radius 3 is 2.13 bits per heavy atom. The number of carbonyl (C=O) groups excluding carboxylic acids is 2. The van der Waals surface area contributed by atoms with Crippen molar-refractivity contribution in [1.29, 1.82) is 0 Å². The molecule has 2 aromatic rings. The van der Waals surface area contributed by atoms with Crippen molar-refractivity contribution in [2.75, 3.05) is 19.6 Å². The zero-order chi connectivity index (χ0) is 32.2. The van der Waals surface area contributed by atoms with Crippen LogP contribution in [-0.4, -0.2) is 74.8 Å². The van der Waals surface area contributed by atoms with Gasteiger partial charge in [-0.15, -0.1) is 0 Å². The van der Waals surface area contributed by atoms with Gasteiger partial charge in [0.15, 0.2) is 0 Å². The lowest BCUT2D eigenvalue weighted by Crippen LogP contribution is -2.59. The maximum absolute atomic E-state index is 14.0. The molecule has 2 saturated heterocycles. The van der Waals surface area contributed by atoms with E-state index in [1.807, 2.05) is 81.4 Å². The van der Waals surface area contributed by atoms with Crippen molar-refractivity contribution < 1.29 is 28.5 Å². The van der Waals surface area contributed by atoms with E-state index in [0.717, 1.165) is 30.4 Å². The Morgan fingerprint density at radius 2 is 1.53 bits per heavy atom. The summed E-state index contributed by atoms with van der Waals surface area (Å²) < 4.78 is 17.8. The van der Waals surface area contributed by atoms with Crippen molar-refractivity contribution in [3.8, 4) is 0 Å². The van der Waals surface area contributed by atoms with Crippen LogP contribution >= 0.6 is 7.82 Å². The molecule has 0 bridgehead atoms. The molecule has 0 spiro atoms. The molecule has 5 rings (SSSR count). The number of fused-ring (bicyclic) bond motifs is 1. The van der Waals surface area contributed by atoms with E-state index in [1.54, 1.807) is 4.90 Å². The van der Waals surface area contributed by atoms with Gasteiger partial charge < -0.3 is 20.0 Å². The Bertz CT molecular complexity index is 1330. The van der Waals surface area contributed by atoms with Crippen LogP contribution in [0, 0.1) is 17.8 Å². The monoisotopic (exact) mass is 639 g/mol. The van der Waals surface area contributed by atoms with Gasteiger partial charge in [-0.1, -0.05) is 79.9 Å². The molecule has 1 saturated carbocycles. The van der Waals surface area contributed by atoms with Crippen LogP contribution in [0.4, 0.5) is 0 Å². The predicted octanol–water partition coefficient (Wildman–Crippen LogP) is 4.96. The highest BCUT2D eigenvalue weighted by molar-refractivity contribution is 7.46. The van der Waals surface area contributed by atoms with Crippen molar-refractivity contribution in [3.05, 3.63) is 71.8 Å². The van der Waals surface area contributed by atoms with Gasteiger partial charge in [0.25, 0.3) is 0 Å². The molecular formula is C35H50N3O6P. The minimum absolute atomic E-state index is 0.0212. The summed E-state index contributed by atoms with van der Waals surface area (Å²) in [7, 11) is -4.89. The predicted molar refractivity (Wildman–Crippen MR) is 174 cm³/mol. The van der Waals surface area contributed by atoms with Crippen LogP contribution in [0.2, 0.25) is 0 Å². The second-order valence-electron chi connectivity index (χ2n) is 14.4. The molecular weight excluding hydrogens is 589 g/mol. The average Bonchev–Trinajstić information content (AvgIpc) is 3.24. The second kappa shape index (κ2) is 14.5. The third-order valence-corrected chi connectivity index (χ3v) is 10.3. The molecule has 2 aromatic carbocycles. The number of hydrogen-bond acceptors (Lipinski definition) is 5. The van der Waals surface area contributed by atoms with Crippen molar-refractivity contribution in [2.24, 2.45) is 17.8 Å². The minimum atomic E-state index is -4.89. The lowest BCUT2D eigenvalue weighted by atomic mass is 9.72. The SMILES string of the molecule is CC(C)(C)NC(=O)[C@@H]1C[C@@H]2CCCC[C@@H]2CN1CC(CN1C(=O)C(Cc2ccccc2)C[C@@H]1Cc1ccccc1)OP(=O)(O)O. The van der Waals surface area contributed by atoms with Gasteiger partial charge in [-0.05, 0) is 75.8 Å². The lowest BCUT2D eigenvalue weighted by Gasteiger charge is -2.47. The van der Waals surface area contributed by atoms with Gasteiger partial charge in [0.1, 0.15) is 0 Å². The molecule has 0 aromatic heterocycles. The standard InChI is InChI=1S/C35H50N3O6P/c1-35(2,3)36-33(39)32-21-27-16-10-11-17-28(27)22-37(32)23-31(44-45(41,42)43)24-38-30(19-26-14-8-5-9-15-26)20-29(34(38)40)18-25-12-6-4-7-13-25/h4-9,12-15,27-32H,10-11,16-24H2,1-3H3,(H,36,39)(H2,41,42,43)/t27-,28+,29?,30-,31?,32-/m0/s1. The van der Waals surface area contributed by atoms with Crippen LogP contribution in [0.5, 0.6) is 0 Å². The van der Waals surface area contributed by atoms with Crippen molar-refractivity contribution >= 4 is 19.6 Å². The molecule has 9 nitrogen and oxygen atoms in total. The van der Waals surface area contributed by atoms with Crippen LogP contribution < -0.4 is 5.32 Å². The molecule has 3 N–H and O–H groups in total. The maximum Gasteiger partial charge on any atom is 0.469 e. The summed E-state index contributed by atoms with van der Waals surface area (Å²) in [6, 6.07) is 19.4. The van der Waals surface area contributed by atoms with E-state index >= 15 is 0 Å². The molecule has 1 aliphatic carbocycles. The zero-order valence-corrected chi connectivity index (χ0v) is 27.8. The van der Waals surface area contributed by atoms with E-state index in [9.17, 15) is 23.9 Å². The van der Waals surface area contributed by atoms with Crippen LogP contribution in [0.1, 0.15) is 70.4 Å². The number of nitrogens with one attached hydrogen (secondary N) is 1. The van der Waals surface area contributed by atoms with Crippen LogP contribution in [-0.2, 0) is 31.5 Å². The summed E-state index contributed by atoms with van der Waals surface area (Å²) in [6.07, 6.45) is 6.17. The minimum Gasteiger partial charge on any atom is -0.350 e. The largest absolute Gasteiger partial charge is 0.469 e. The number of benzene rings is 2. The van der Waals surface area contributed by atoms with Gasteiger partial charge >= 0.3 is 7.82 Å². The van der Waals surface area contributed by atoms with Crippen LogP contribution in [0.3, 0.4) is 0 Å². The fourth-order valence-electron chi connectivity index (χ4n) is 7.79. The van der Waals surface area contributed by atoms with Gasteiger partial charge in [0.2, 0.25) is 11.8 Å². The molecule has 0 radical (unpaired) electrons. The average molecular weight is 640 g/mol. The van der Waals surface area contributed by atoms with E-state index in [2.05, 4.69) is 10.2 Å². The first kappa shape index (κ1) is 33.8. The van der Waals surface area contributed by atoms with Gasteiger partial charge in [-0.2, -0.15) is 0 Å². The molecule has 3 fully saturated rings. The normalized spacial score (nSPS) is 26.8. The topological polar surface area (TPSA) is 119 Å². The highest BCUT2D eigenvalue weighted by Gasteiger charge is 2.44. The first-order valence-electron chi connectivity index (χ1n) is 16.5. The number of amides is 2. The third-order valence-electron chi connectivity index (χ3n) is 9.70. The smallest absolute Gasteiger partial charge is 0.350 e. The number of likely N-dealkylation sites (tertiary alicyclic amines) is 2. The Balaban J connectivity index is 1.40. The van der Waals surface area contributed by atoms with Gasteiger partial charge in [0.05, 0.1) is 12.1 Å². The van der Waals surface area contributed by atoms with Gasteiger partial charge in [-0.25, -0.2) is 4.57 Å². The van der Waals surface area contributed by atoms with Gasteiger partial charge in [0, 0.05) is 37.1 Å². The summed E-state index contributed by atoms with van der Waals surface area (Å²) >= 11 is 0. The summed E-state index contributed by atoms with van der Waals surface area (Å²) in [5, 5.41) is 3.14. The highest BCUT2D eigenvalue weighted by atomic mass is 31.2. The molecule has 2 amide bonds. The Labute approximate surface area is 268 Å².